The van der Waals surface area contributed by atoms with Gasteiger partial charge >= 0.3 is 7.48 Å². The summed E-state index contributed by atoms with van der Waals surface area (Å²) in [6.45, 7) is 1.95. The average Bonchev–Trinajstić information content (AvgIpc) is 2.46. The van der Waals surface area contributed by atoms with E-state index in [0.717, 1.165) is 6.32 Å². The predicted molar refractivity (Wildman–Crippen MR) is 78.4 cm³/mol. The Balaban J connectivity index is 2.13. The van der Waals surface area contributed by atoms with E-state index in [1.54, 1.807) is 37.8 Å². The molecule has 0 saturated carbocycles. The second kappa shape index (κ2) is 6.43. The molecule has 1 N–H and O–H groups in total. The quantitative estimate of drug-likeness (QED) is 0.829. The summed E-state index contributed by atoms with van der Waals surface area (Å²) in [6.07, 6.45) is 2.30. The van der Waals surface area contributed by atoms with Crippen LogP contribution in [0.1, 0.15) is 6.92 Å². The van der Waals surface area contributed by atoms with E-state index in [2.05, 4.69) is 9.71 Å². The minimum atomic E-state index is -3.63. The molecule has 0 bridgehead atoms. The fraction of sp³-hybridized carbons (Fsp3) is 0.154. The maximum Gasteiger partial charge on any atom is 0.369 e. The summed E-state index contributed by atoms with van der Waals surface area (Å²) < 4.78 is 32.0. The lowest BCUT2D eigenvalue weighted by Crippen LogP contribution is -2.13. The van der Waals surface area contributed by atoms with E-state index in [9.17, 15) is 8.42 Å². The van der Waals surface area contributed by atoms with E-state index in [1.165, 1.54) is 18.3 Å². The fourth-order valence-electron chi connectivity index (χ4n) is 1.50. The van der Waals surface area contributed by atoms with Gasteiger partial charge in [-0.3, -0.25) is 4.72 Å². The van der Waals surface area contributed by atoms with Crippen molar-refractivity contribution in [2.45, 2.75) is 18.1 Å². The van der Waals surface area contributed by atoms with Gasteiger partial charge in [0, 0.05) is 6.20 Å². The van der Waals surface area contributed by atoms with Crippen LogP contribution in [0.5, 0.6) is 5.75 Å². The van der Waals surface area contributed by atoms with Crippen molar-refractivity contribution in [1.82, 2.24) is 4.98 Å². The first-order valence-corrected chi connectivity index (χ1v) is 7.62. The Morgan fingerprint density at radius 3 is 2.55 bits per heavy atom. The summed E-state index contributed by atoms with van der Waals surface area (Å²) in [6, 6.07) is 11.2. The lowest BCUT2D eigenvalue weighted by molar-refractivity contribution is 0.591. The van der Waals surface area contributed by atoms with Crippen LogP contribution in [0.15, 0.2) is 53.6 Å². The number of pyridine rings is 1. The van der Waals surface area contributed by atoms with Gasteiger partial charge in [0.2, 0.25) is 0 Å². The average molecular weight is 289 g/mol. The van der Waals surface area contributed by atoms with Crippen LogP contribution in [0, 0.1) is 0 Å². The Morgan fingerprint density at radius 2 is 1.95 bits per heavy atom. The third kappa shape index (κ3) is 3.74. The van der Waals surface area contributed by atoms with Crippen LogP contribution in [0.2, 0.25) is 6.32 Å². The Bertz CT molecular complexity index is 645. The summed E-state index contributed by atoms with van der Waals surface area (Å²) in [7, 11) is -1.98. The van der Waals surface area contributed by atoms with E-state index < -0.39 is 10.0 Å². The molecule has 20 heavy (non-hydrogen) atoms. The van der Waals surface area contributed by atoms with Crippen molar-refractivity contribution >= 4 is 23.3 Å². The third-order valence-electron chi connectivity index (χ3n) is 2.42. The van der Waals surface area contributed by atoms with Gasteiger partial charge in [-0.05, 0) is 42.7 Å². The van der Waals surface area contributed by atoms with Crippen LogP contribution in [0.4, 0.5) is 5.82 Å². The first-order chi connectivity index (χ1) is 9.62. The van der Waals surface area contributed by atoms with Gasteiger partial charge in [0.15, 0.2) is 0 Å². The van der Waals surface area contributed by atoms with Crippen molar-refractivity contribution in [3.05, 3.63) is 48.7 Å². The largest absolute Gasteiger partial charge is 0.563 e. The molecule has 0 spiro atoms. The number of benzene rings is 1. The molecule has 0 aliphatic heterocycles. The summed E-state index contributed by atoms with van der Waals surface area (Å²) >= 11 is 0. The van der Waals surface area contributed by atoms with Gasteiger partial charge in [0.05, 0.1) is 10.6 Å². The number of anilines is 1. The standard InChI is InChI=1S/C13H14BN2O3S/c1-2-14-19-11-6-8-12(9-7-11)20(17,18)16-13-5-3-4-10-15-13/h3-10H,2H2,1H3,(H,15,16). The highest BCUT2D eigenvalue weighted by Gasteiger charge is 2.14. The van der Waals surface area contributed by atoms with Gasteiger partial charge in [0.1, 0.15) is 5.82 Å². The highest BCUT2D eigenvalue weighted by molar-refractivity contribution is 7.92. The molecule has 2 rings (SSSR count). The van der Waals surface area contributed by atoms with Crippen LogP contribution in [-0.2, 0) is 10.0 Å². The second-order valence-corrected chi connectivity index (χ2v) is 5.67. The number of nitrogens with one attached hydrogen (secondary N) is 1. The van der Waals surface area contributed by atoms with Gasteiger partial charge in [-0.25, -0.2) is 13.4 Å². The van der Waals surface area contributed by atoms with Crippen molar-refractivity contribution in [2.24, 2.45) is 0 Å². The first-order valence-electron chi connectivity index (χ1n) is 6.14. The smallest absolute Gasteiger partial charge is 0.369 e. The van der Waals surface area contributed by atoms with Crippen molar-refractivity contribution in [3.63, 3.8) is 0 Å². The minimum Gasteiger partial charge on any atom is -0.563 e. The Hall–Kier alpha value is -2.02. The normalized spacial score (nSPS) is 10.8. The van der Waals surface area contributed by atoms with E-state index in [1.807, 2.05) is 6.92 Å². The molecule has 0 amide bonds. The molecule has 0 aliphatic rings. The van der Waals surface area contributed by atoms with Gasteiger partial charge in [-0.15, -0.1) is 0 Å². The number of hydrogen-bond acceptors (Lipinski definition) is 4. The van der Waals surface area contributed by atoms with Crippen LogP contribution < -0.4 is 9.38 Å². The lowest BCUT2D eigenvalue weighted by atomic mass is 9.97. The first kappa shape index (κ1) is 14.4. The van der Waals surface area contributed by atoms with Crippen molar-refractivity contribution in [3.8, 4) is 5.75 Å². The lowest BCUT2D eigenvalue weighted by Gasteiger charge is -2.08. The monoisotopic (exact) mass is 289 g/mol. The molecular weight excluding hydrogens is 275 g/mol. The van der Waals surface area contributed by atoms with Crippen LogP contribution >= 0.6 is 0 Å². The van der Waals surface area contributed by atoms with Gasteiger partial charge in [-0.2, -0.15) is 0 Å². The van der Waals surface area contributed by atoms with Crippen LogP contribution in [-0.4, -0.2) is 20.9 Å². The molecule has 0 unspecified atom stereocenters. The maximum atomic E-state index is 12.1. The molecule has 0 aliphatic carbocycles. The Morgan fingerprint density at radius 1 is 1.20 bits per heavy atom. The second-order valence-electron chi connectivity index (χ2n) is 3.98. The van der Waals surface area contributed by atoms with Gasteiger partial charge in [0.25, 0.3) is 10.0 Å². The molecule has 1 aromatic heterocycles. The summed E-state index contributed by atoms with van der Waals surface area (Å²) in [4.78, 5) is 4.09. The van der Waals surface area contributed by atoms with Gasteiger partial charge < -0.3 is 4.65 Å². The molecule has 0 atom stereocenters. The van der Waals surface area contributed by atoms with E-state index in [4.69, 9.17) is 4.65 Å². The van der Waals surface area contributed by atoms with Crippen LogP contribution in [0.3, 0.4) is 0 Å². The highest BCUT2D eigenvalue weighted by Crippen LogP contribution is 2.18. The molecule has 0 saturated heterocycles. The number of sulfonamides is 1. The minimum absolute atomic E-state index is 0.159. The van der Waals surface area contributed by atoms with E-state index in [0.29, 0.717) is 5.75 Å². The van der Waals surface area contributed by atoms with Gasteiger partial charge in [-0.1, -0.05) is 13.0 Å². The molecule has 2 aromatic rings. The number of aromatic nitrogens is 1. The fourth-order valence-corrected chi connectivity index (χ4v) is 2.50. The zero-order chi connectivity index (χ0) is 14.4. The molecule has 5 nitrogen and oxygen atoms in total. The molecule has 0 fully saturated rings. The molecule has 1 radical (unpaired) electrons. The predicted octanol–water partition coefficient (Wildman–Crippen LogP) is 2.32. The van der Waals surface area contributed by atoms with Crippen LogP contribution in [0.25, 0.3) is 0 Å². The van der Waals surface area contributed by atoms with Crippen molar-refractivity contribution in [1.29, 1.82) is 0 Å². The Kier molecular flexibility index (Phi) is 4.63. The highest BCUT2D eigenvalue weighted by atomic mass is 32.2. The Labute approximate surface area is 119 Å². The third-order valence-corrected chi connectivity index (χ3v) is 3.79. The number of rotatable bonds is 6. The molecule has 1 heterocycles. The molecule has 103 valence electrons. The summed E-state index contributed by atoms with van der Waals surface area (Å²) in [5, 5.41) is 0. The van der Waals surface area contributed by atoms with E-state index in [-0.39, 0.29) is 10.7 Å². The zero-order valence-corrected chi connectivity index (χ0v) is 11.8. The number of nitrogens with zero attached hydrogens (tertiary/aromatic N) is 1. The van der Waals surface area contributed by atoms with E-state index >= 15 is 0 Å². The maximum absolute atomic E-state index is 12.1. The topological polar surface area (TPSA) is 68.3 Å². The number of hydrogen-bond donors (Lipinski definition) is 1. The summed E-state index contributed by atoms with van der Waals surface area (Å²) in [5.41, 5.74) is 0. The molecule has 1 aromatic carbocycles. The zero-order valence-electron chi connectivity index (χ0n) is 11.0. The SMILES string of the molecule is CC[B]Oc1ccc(S(=O)(=O)Nc2ccccn2)cc1. The van der Waals surface area contributed by atoms with Crippen molar-refractivity contribution in [2.75, 3.05) is 4.72 Å². The molecular formula is C13H14BN2O3S. The van der Waals surface area contributed by atoms with Crippen molar-refractivity contribution < 1.29 is 13.1 Å². The summed E-state index contributed by atoms with van der Waals surface area (Å²) in [5.74, 6) is 0.885. The molecule has 7 heteroatoms.